The first-order valence-corrected chi connectivity index (χ1v) is 12.8. The lowest BCUT2D eigenvalue weighted by atomic mass is 9.89. The summed E-state index contributed by atoms with van der Waals surface area (Å²) in [5.41, 5.74) is 0. The normalized spacial score (nSPS) is 21.6. The van der Waals surface area contributed by atoms with Crippen LogP contribution in [0.1, 0.15) is 49.8 Å². The van der Waals surface area contributed by atoms with Gasteiger partial charge in [-0.15, -0.1) is 11.3 Å². The zero-order chi connectivity index (χ0) is 20.9. The first-order chi connectivity index (χ1) is 13.9. The van der Waals surface area contributed by atoms with E-state index in [0.717, 1.165) is 30.6 Å². The molecule has 29 heavy (non-hydrogen) atoms. The van der Waals surface area contributed by atoms with Crippen molar-refractivity contribution in [3.63, 3.8) is 0 Å². The van der Waals surface area contributed by atoms with E-state index in [0.29, 0.717) is 36.7 Å². The fraction of sp³-hybridized carbons (Fsp3) is 0.700. The maximum atomic E-state index is 12.8. The minimum atomic E-state index is -3.54. The van der Waals surface area contributed by atoms with Crippen LogP contribution in [0.15, 0.2) is 16.3 Å². The van der Waals surface area contributed by atoms with E-state index in [4.69, 9.17) is 0 Å². The number of carbonyl (C=O) groups is 2. The van der Waals surface area contributed by atoms with E-state index in [9.17, 15) is 18.0 Å². The number of sulfonamides is 1. The first kappa shape index (κ1) is 22.2. The van der Waals surface area contributed by atoms with Crippen molar-refractivity contribution in [2.75, 3.05) is 26.2 Å². The Labute approximate surface area is 177 Å². The van der Waals surface area contributed by atoms with E-state index in [1.165, 1.54) is 22.1 Å². The van der Waals surface area contributed by atoms with Gasteiger partial charge in [0.15, 0.2) is 0 Å². The van der Waals surface area contributed by atoms with Crippen LogP contribution >= 0.6 is 11.3 Å². The number of thiophene rings is 1. The minimum Gasteiger partial charge on any atom is -0.354 e. The average molecular weight is 442 g/mol. The highest BCUT2D eigenvalue weighted by molar-refractivity contribution is 7.91. The molecule has 9 heteroatoms. The highest BCUT2D eigenvalue weighted by Gasteiger charge is 2.33. The molecule has 2 heterocycles. The molecule has 1 aromatic heterocycles. The van der Waals surface area contributed by atoms with Crippen molar-refractivity contribution < 1.29 is 18.0 Å². The SMILES string of the molecule is Cc1ccc(S(=O)(=O)N2CCCC(C(=O)NCCNC(=O)C3CCCCC3)C2)s1. The van der Waals surface area contributed by atoms with Crippen LogP contribution in [-0.2, 0) is 19.6 Å². The Hall–Kier alpha value is -1.45. The summed E-state index contributed by atoms with van der Waals surface area (Å²) in [6.07, 6.45) is 6.68. The third kappa shape index (κ3) is 5.79. The number of nitrogens with zero attached hydrogens (tertiary/aromatic N) is 1. The van der Waals surface area contributed by atoms with Crippen LogP contribution in [0.2, 0.25) is 0 Å². The summed E-state index contributed by atoms with van der Waals surface area (Å²) in [5.74, 6) is -0.301. The standard InChI is InChI=1S/C20H31N3O4S2/c1-15-9-10-18(28-15)29(26,27)23-13-5-8-17(14-23)20(25)22-12-11-21-19(24)16-6-3-2-4-7-16/h9-10,16-17H,2-8,11-14H2,1H3,(H,21,24)(H,22,25). The van der Waals surface area contributed by atoms with Gasteiger partial charge in [-0.2, -0.15) is 4.31 Å². The lowest BCUT2D eigenvalue weighted by Gasteiger charge is -2.30. The number of nitrogens with one attached hydrogen (secondary N) is 2. The monoisotopic (exact) mass is 441 g/mol. The molecule has 162 valence electrons. The molecular weight excluding hydrogens is 410 g/mol. The Kier molecular flexibility index (Phi) is 7.70. The van der Waals surface area contributed by atoms with Gasteiger partial charge in [-0.3, -0.25) is 9.59 Å². The summed E-state index contributed by atoms with van der Waals surface area (Å²) in [6.45, 7) is 3.30. The second-order valence-electron chi connectivity index (χ2n) is 7.98. The van der Waals surface area contributed by atoms with Crippen molar-refractivity contribution in [2.45, 2.75) is 56.1 Å². The van der Waals surface area contributed by atoms with E-state index < -0.39 is 10.0 Å². The molecule has 1 aromatic rings. The largest absolute Gasteiger partial charge is 0.354 e. The Morgan fingerprint density at radius 2 is 1.62 bits per heavy atom. The van der Waals surface area contributed by atoms with Gasteiger partial charge in [-0.1, -0.05) is 19.3 Å². The van der Waals surface area contributed by atoms with Crippen LogP contribution in [0.4, 0.5) is 0 Å². The number of hydrogen-bond donors (Lipinski definition) is 2. The summed E-state index contributed by atoms with van der Waals surface area (Å²) in [5, 5.41) is 5.76. The van der Waals surface area contributed by atoms with Gasteiger partial charge < -0.3 is 10.6 Å². The lowest BCUT2D eigenvalue weighted by molar-refractivity contribution is -0.127. The van der Waals surface area contributed by atoms with Crippen LogP contribution in [0.5, 0.6) is 0 Å². The van der Waals surface area contributed by atoms with Crippen molar-refractivity contribution in [1.82, 2.24) is 14.9 Å². The van der Waals surface area contributed by atoms with E-state index in [1.54, 1.807) is 12.1 Å². The van der Waals surface area contributed by atoms with Crippen LogP contribution in [0.3, 0.4) is 0 Å². The molecule has 2 fully saturated rings. The summed E-state index contributed by atoms with van der Waals surface area (Å²) in [4.78, 5) is 25.6. The maximum Gasteiger partial charge on any atom is 0.252 e. The Morgan fingerprint density at radius 3 is 2.24 bits per heavy atom. The van der Waals surface area contributed by atoms with Crippen molar-refractivity contribution in [1.29, 1.82) is 0 Å². The zero-order valence-corrected chi connectivity index (χ0v) is 18.6. The highest BCUT2D eigenvalue weighted by atomic mass is 32.2. The third-order valence-corrected chi connectivity index (χ3v) is 9.10. The molecule has 2 amide bonds. The number of piperidine rings is 1. The van der Waals surface area contributed by atoms with Crippen molar-refractivity contribution in [2.24, 2.45) is 11.8 Å². The van der Waals surface area contributed by atoms with Gasteiger partial charge in [0.1, 0.15) is 4.21 Å². The predicted molar refractivity (Wildman–Crippen MR) is 113 cm³/mol. The van der Waals surface area contributed by atoms with Crippen molar-refractivity contribution in [3.8, 4) is 0 Å². The fourth-order valence-electron chi connectivity index (χ4n) is 4.08. The second kappa shape index (κ2) is 10.0. The van der Waals surface area contributed by atoms with Gasteiger partial charge in [0.25, 0.3) is 10.0 Å². The molecule has 1 aliphatic carbocycles. The summed E-state index contributed by atoms with van der Waals surface area (Å²) in [7, 11) is -3.54. The van der Waals surface area contributed by atoms with Crippen LogP contribution in [0, 0.1) is 18.8 Å². The molecular formula is C20H31N3O4S2. The van der Waals surface area contributed by atoms with Crippen LogP contribution in [0.25, 0.3) is 0 Å². The lowest BCUT2D eigenvalue weighted by Crippen LogP contribution is -2.46. The second-order valence-corrected chi connectivity index (χ2v) is 11.4. The first-order valence-electron chi connectivity index (χ1n) is 10.5. The molecule has 0 bridgehead atoms. The quantitative estimate of drug-likeness (QED) is 0.635. The molecule has 1 saturated heterocycles. The average Bonchev–Trinajstić information content (AvgIpc) is 3.19. The summed E-state index contributed by atoms with van der Waals surface area (Å²) in [6, 6.07) is 3.43. The number of hydrogen-bond acceptors (Lipinski definition) is 5. The summed E-state index contributed by atoms with van der Waals surface area (Å²) < 4.78 is 27.4. The van der Waals surface area contributed by atoms with Gasteiger partial charge in [-0.05, 0) is 44.7 Å². The fourth-order valence-corrected chi connectivity index (χ4v) is 7.04. The van der Waals surface area contributed by atoms with Crippen molar-refractivity contribution in [3.05, 3.63) is 17.0 Å². The van der Waals surface area contributed by atoms with Crippen LogP contribution in [-0.4, -0.2) is 50.7 Å². The number of aryl methyl sites for hydroxylation is 1. The van der Waals surface area contributed by atoms with Gasteiger partial charge in [0.2, 0.25) is 11.8 Å². The number of amides is 2. The number of rotatable bonds is 7. The van der Waals surface area contributed by atoms with Gasteiger partial charge >= 0.3 is 0 Å². The Morgan fingerprint density at radius 1 is 1.00 bits per heavy atom. The molecule has 0 aromatic carbocycles. The zero-order valence-electron chi connectivity index (χ0n) is 17.0. The molecule has 3 rings (SSSR count). The Bertz CT molecular complexity index is 815. The molecule has 2 N–H and O–H groups in total. The topological polar surface area (TPSA) is 95.6 Å². The minimum absolute atomic E-state index is 0.0834. The van der Waals surface area contributed by atoms with E-state index in [-0.39, 0.29) is 30.2 Å². The molecule has 1 saturated carbocycles. The molecule has 7 nitrogen and oxygen atoms in total. The molecule has 0 spiro atoms. The molecule has 0 radical (unpaired) electrons. The van der Waals surface area contributed by atoms with Crippen LogP contribution < -0.4 is 10.6 Å². The number of carbonyl (C=O) groups excluding carboxylic acids is 2. The summed E-state index contributed by atoms with van der Waals surface area (Å²) >= 11 is 1.26. The van der Waals surface area contributed by atoms with Gasteiger partial charge in [0, 0.05) is 37.0 Å². The van der Waals surface area contributed by atoms with Gasteiger partial charge in [0.05, 0.1) is 5.92 Å². The van der Waals surface area contributed by atoms with E-state index in [2.05, 4.69) is 10.6 Å². The Balaban J connectivity index is 1.44. The van der Waals surface area contributed by atoms with Crippen molar-refractivity contribution >= 4 is 33.2 Å². The van der Waals surface area contributed by atoms with E-state index in [1.807, 2.05) is 6.92 Å². The highest BCUT2D eigenvalue weighted by Crippen LogP contribution is 2.28. The molecule has 1 atom stereocenters. The molecule has 1 unspecified atom stereocenters. The molecule has 1 aliphatic heterocycles. The maximum absolute atomic E-state index is 12.8. The smallest absolute Gasteiger partial charge is 0.252 e. The van der Waals surface area contributed by atoms with E-state index >= 15 is 0 Å². The van der Waals surface area contributed by atoms with Gasteiger partial charge in [-0.25, -0.2) is 8.42 Å². The molecule has 2 aliphatic rings. The third-order valence-electron chi connectivity index (χ3n) is 5.76. The predicted octanol–water partition coefficient (Wildman–Crippen LogP) is 2.27.